The van der Waals surface area contributed by atoms with Gasteiger partial charge in [-0.2, -0.15) is 26.3 Å². The smallest absolute Gasteiger partial charge is 0.416 e. The monoisotopic (exact) mass is 466 g/mol. The van der Waals surface area contributed by atoms with Crippen molar-refractivity contribution in [1.82, 2.24) is 4.98 Å². The van der Waals surface area contributed by atoms with Crippen LogP contribution in [0.3, 0.4) is 0 Å². The minimum absolute atomic E-state index is 0.0144. The lowest BCUT2D eigenvalue weighted by Crippen LogP contribution is -2.12. The molecule has 1 aromatic heterocycles. The molecule has 30 heavy (non-hydrogen) atoms. The van der Waals surface area contributed by atoms with E-state index in [0.29, 0.717) is 12.1 Å². The van der Waals surface area contributed by atoms with Crippen LogP contribution in [0.5, 0.6) is 5.75 Å². The Hall–Kier alpha value is -2.79. The van der Waals surface area contributed by atoms with Crippen LogP contribution >= 0.6 is 22.9 Å². The lowest BCUT2D eigenvalue weighted by Gasteiger charge is -2.13. The molecule has 0 atom stereocenters. The fraction of sp³-hybridized carbons (Fsp3) is 0.111. The molecule has 4 nitrogen and oxygen atoms in total. The Morgan fingerprint density at radius 1 is 1.00 bits per heavy atom. The van der Waals surface area contributed by atoms with Crippen LogP contribution in [0.4, 0.5) is 31.5 Å². The number of amides is 1. The summed E-state index contributed by atoms with van der Waals surface area (Å²) in [6.45, 7) is 0. The first-order valence-corrected chi connectivity index (χ1v) is 9.15. The van der Waals surface area contributed by atoms with E-state index in [9.17, 15) is 36.2 Å². The van der Waals surface area contributed by atoms with Gasteiger partial charge in [-0.05, 0) is 36.4 Å². The Morgan fingerprint density at radius 2 is 1.60 bits per heavy atom. The maximum absolute atomic E-state index is 13.0. The summed E-state index contributed by atoms with van der Waals surface area (Å²) in [5.41, 5.74) is -3.75. The number of aromatic nitrogens is 1. The van der Waals surface area contributed by atoms with Crippen LogP contribution in [-0.4, -0.2) is 16.0 Å². The first kappa shape index (κ1) is 21.9. The third-order valence-corrected chi connectivity index (χ3v) is 4.80. The average molecular weight is 467 g/mol. The molecule has 0 saturated heterocycles. The second kappa shape index (κ2) is 7.80. The number of phenols is 1. The zero-order valence-corrected chi connectivity index (χ0v) is 16.0. The van der Waals surface area contributed by atoms with Crippen LogP contribution in [0, 0.1) is 0 Å². The summed E-state index contributed by atoms with van der Waals surface area (Å²) < 4.78 is 78.1. The van der Waals surface area contributed by atoms with Crippen molar-refractivity contribution < 1.29 is 36.2 Å². The zero-order chi connectivity index (χ0) is 22.3. The number of anilines is 1. The third kappa shape index (κ3) is 4.85. The number of nitrogens with zero attached hydrogens (tertiary/aromatic N) is 1. The maximum atomic E-state index is 13.0. The first-order valence-electron chi connectivity index (χ1n) is 7.90. The second-order valence-electron chi connectivity index (χ2n) is 5.95. The highest BCUT2D eigenvalue weighted by molar-refractivity contribution is 7.14. The molecule has 0 fully saturated rings. The van der Waals surface area contributed by atoms with E-state index >= 15 is 0 Å². The molecule has 0 unspecified atom stereocenters. The summed E-state index contributed by atoms with van der Waals surface area (Å²) in [4.78, 5) is 16.1. The van der Waals surface area contributed by atoms with E-state index in [1.807, 2.05) is 0 Å². The molecule has 3 aromatic rings. The number of nitrogens with one attached hydrogen (secondary N) is 1. The summed E-state index contributed by atoms with van der Waals surface area (Å²) in [6, 6.07) is 4.81. The minimum Gasteiger partial charge on any atom is -0.507 e. The Bertz CT molecular complexity index is 1080. The summed E-state index contributed by atoms with van der Waals surface area (Å²) in [5, 5.41) is 13.3. The van der Waals surface area contributed by atoms with Gasteiger partial charge in [0.05, 0.1) is 22.4 Å². The van der Waals surface area contributed by atoms with E-state index in [-0.39, 0.29) is 33.2 Å². The Kier molecular flexibility index (Phi) is 5.70. The maximum Gasteiger partial charge on any atom is 0.416 e. The van der Waals surface area contributed by atoms with E-state index in [2.05, 4.69) is 10.3 Å². The SMILES string of the molecule is O=C(Nc1nc(-c2cc(C(F)(F)F)cc(C(F)(F)F)c2)cs1)c1cc(Cl)ccc1O. The van der Waals surface area contributed by atoms with Gasteiger partial charge in [0, 0.05) is 16.0 Å². The summed E-state index contributed by atoms with van der Waals surface area (Å²) in [7, 11) is 0. The summed E-state index contributed by atoms with van der Waals surface area (Å²) >= 11 is 6.55. The molecule has 12 heteroatoms. The predicted molar refractivity (Wildman–Crippen MR) is 98.6 cm³/mol. The van der Waals surface area contributed by atoms with Gasteiger partial charge in [-0.25, -0.2) is 4.98 Å². The molecule has 0 spiro atoms. The number of carbonyl (C=O) groups is 1. The lowest BCUT2D eigenvalue weighted by atomic mass is 10.0. The van der Waals surface area contributed by atoms with Crippen LogP contribution < -0.4 is 5.32 Å². The van der Waals surface area contributed by atoms with E-state index < -0.39 is 35.0 Å². The van der Waals surface area contributed by atoms with Crippen LogP contribution in [-0.2, 0) is 12.4 Å². The normalized spacial score (nSPS) is 12.1. The van der Waals surface area contributed by atoms with Gasteiger partial charge < -0.3 is 5.11 Å². The number of hydrogen-bond donors (Lipinski definition) is 2. The molecule has 0 radical (unpaired) electrons. The fourth-order valence-corrected chi connectivity index (χ4v) is 3.31. The number of alkyl halides is 6. The van der Waals surface area contributed by atoms with Gasteiger partial charge in [-0.3, -0.25) is 10.1 Å². The number of halogens is 7. The van der Waals surface area contributed by atoms with Crippen molar-refractivity contribution in [2.75, 3.05) is 5.32 Å². The van der Waals surface area contributed by atoms with Gasteiger partial charge in [0.2, 0.25) is 0 Å². The molecular weight excluding hydrogens is 458 g/mol. The van der Waals surface area contributed by atoms with Gasteiger partial charge >= 0.3 is 12.4 Å². The van der Waals surface area contributed by atoms with Gasteiger partial charge in [-0.15, -0.1) is 11.3 Å². The highest BCUT2D eigenvalue weighted by atomic mass is 35.5. The van der Waals surface area contributed by atoms with Crippen molar-refractivity contribution in [1.29, 1.82) is 0 Å². The summed E-state index contributed by atoms with van der Waals surface area (Å²) in [5.74, 6) is -1.18. The van der Waals surface area contributed by atoms with Crippen LogP contribution in [0.2, 0.25) is 5.02 Å². The van der Waals surface area contributed by atoms with E-state index in [1.165, 1.54) is 23.6 Å². The molecule has 0 aliphatic carbocycles. The average Bonchev–Trinajstić information content (AvgIpc) is 3.10. The Labute approximate surface area is 173 Å². The summed E-state index contributed by atoms with van der Waals surface area (Å²) in [6.07, 6.45) is -9.99. The van der Waals surface area contributed by atoms with Gasteiger partial charge in [-0.1, -0.05) is 11.6 Å². The van der Waals surface area contributed by atoms with Crippen LogP contribution in [0.15, 0.2) is 41.8 Å². The number of carbonyl (C=O) groups excluding carboxylic acids is 1. The lowest BCUT2D eigenvalue weighted by molar-refractivity contribution is -0.143. The number of hydrogen-bond acceptors (Lipinski definition) is 4. The number of aromatic hydroxyl groups is 1. The van der Waals surface area contributed by atoms with Crippen molar-refractivity contribution >= 4 is 34.0 Å². The Morgan fingerprint density at radius 3 is 2.17 bits per heavy atom. The number of benzene rings is 2. The van der Waals surface area contributed by atoms with Crippen molar-refractivity contribution in [2.45, 2.75) is 12.4 Å². The minimum atomic E-state index is -4.99. The van der Waals surface area contributed by atoms with Crippen LogP contribution in [0.1, 0.15) is 21.5 Å². The predicted octanol–water partition coefficient (Wildman–Crippen LogP) is 6.46. The van der Waals surface area contributed by atoms with Crippen molar-refractivity contribution in [2.24, 2.45) is 0 Å². The highest BCUT2D eigenvalue weighted by Crippen LogP contribution is 2.39. The van der Waals surface area contributed by atoms with E-state index in [0.717, 1.165) is 11.3 Å². The largest absolute Gasteiger partial charge is 0.507 e. The topological polar surface area (TPSA) is 62.2 Å². The standard InChI is InChI=1S/C18H9ClF6N2O2S/c19-11-1-2-14(28)12(6-11)15(29)27-16-26-13(7-30-16)8-3-9(17(20,21)22)5-10(4-8)18(23,24)25/h1-7,28H,(H,26,27,29). The van der Waals surface area contributed by atoms with Crippen molar-refractivity contribution in [3.05, 3.63) is 63.5 Å². The zero-order valence-electron chi connectivity index (χ0n) is 14.4. The van der Waals surface area contributed by atoms with Crippen molar-refractivity contribution in [3.8, 4) is 17.0 Å². The molecular formula is C18H9ClF6N2O2S. The third-order valence-electron chi connectivity index (χ3n) is 3.81. The molecule has 1 amide bonds. The quantitative estimate of drug-likeness (QED) is 0.435. The fourth-order valence-electron chi connectivity index (χ4n) is 2.42. The van der Waals surface area contributed by atoms with Gasteiger partial charge in [0.15, 0.2) is 5.13 Å². The number of phenolic OH excluding ortho intramolecular Hbond substituents is 1. The highest BCUT2D eigenvalue weighted by Gasteiger charge is 2.37. The molecule has 2 N–H and O–H groups in total. The second-order valence-corrected chi connectivity index (χ2v) is 7.24. The van der Waals surface area contributed by atoms with E-state index in [1.54, 1.807) is 0 Å². The molecule has 0 aliphatic heterocycles. The number of thiazole rings is 1. The Balaban J connectivity index is 1.94. The van der Waals surface area contributed by atoms with Gasteiger partial charge in [0.25, 0.3) is 5.91 Å². The molecule has 1 heterocycles. The molecule has 158 valence electrons. The number of rotatable bonds is 3. The van der Waals surface area contributed by atoms with Gasteiger partial charge in [0.1, 0.15) is 5.75 Å². The van der Waals surface area contributed by atoms with Crippen LogP contribution in [0.25, 0.3) is 11.3 Å². The van der Waals surface area contributed by atoms with Crippen molar-refractivity contribution in [3.63, 3.8) is 0 Å². The molecule has 0 saturated carbocycles. The first-order chi connectivity index (χ1) is 13.8. The molecule has 3 rings (SSSR count). The molecule has 0 bridgehead atoms. The molecule has 0 aliphatic rings. The van der Waals surface area contributed by atoms with E-state index in [4.69, 9.17) is 11.6 Å². The molecule has 2 aromatic carbocycles.